The minimum Gasteiger partial charge on any atom is -0.383 e. The molecule has 1 unspecified atom stereocenters. The van der Waals surface area contributed by atoms with Crippen molar-refractivity contribution in [2.75, 3.05) is 10.6 Å². The van der Waals surface area contributed by atoms with E-state index in [1.807, 2.05) is 6.07 Å². The van der Waals surface area contributed by atoms with Gasteiger partial charge >= 0.3 is 0 Å². The first kappa shape index (κ1) is 20.7. The second-order valence-corrected chi connectivity index (χ2v) is 9.45. The number of aromatic nitrogens is 1. The summed E-state index contributed by atoms with van der Waals surface area (Å²) in [7, 11) is 0. The molecule has 7 nitrogen and oxygen atoms in total. The zero-order valence-electron chi connectivity index (χ0n) is 15.4. The lowest BCUT2D eigenvalue weighted by Crippen LogP contribution is -2.31. The van der Waals surface area contributed by atoms with Gasteiger partial charge in [0.15, 0.2) is 0 Å². The van der Waals surface area contributed by atoms with E-state index in [1.165, 1.54) is 0 Å². The third-order valence-corrected chi connectivity index (χ3v) is 6.92. The maximum atomic E-state index is 13.0. The zero-order valence-corrected chi connectivity index (χ0v) is 18.5. The fourth-order valence-electron chi connectivity index (χ4n) is 3.44. The van der Waals surface area contributed by atoms with Crippen LogP contribution in [0.3, 0.4) is 0 Å². The fourth-order valence-corrected chi connectivity index (χ4v) is 5.32. The Morgan fingerprint density at radius 1 is 1.23 bits per heavy atom. The monoisotopic (exact) mass is 501 g/mol. The number of rotatable bonds is 4. The molecule has 1 aromatic heterocycles. The number of carbonyl (C=O) groups excluding carboxylic acids is 2. The normalized spacial score (nSPS) is 18.4. The van der Waals surface area contributed by atoms with E-state index in [1.54, 1.807) is 18.2 Å². The topological polar surface area (TPSA) is 124 Å². The number of nitrogens with two attached hydrogens (primary N) is 1. The highest BCUT2D eigenvalue weighted by Gasteiger charge is 2.42. The number of pyridine rings is 1. The minimum absolute atomic E-state index is 0.0329. The fraction of sp³-hybridized carbons (Fsp3) is 0.250. The smallest absolute Gasteiger partial charge is 0.247 e. The van der Waals surface area contributed by atoms with E-state index in [0.29, 0.717) is 11.3 Å². The SMILES string of the molecule is N#Cc1c(N)nc(SC2CC(=O)N(c3ccc(Br)cc3Cl)C2=O)c(C#N)c1C1CC1. The van der Waals surface area contributed by atoms with E-state index in [2.05, 4.69) is 27.0 Å². The standard InChI is InChI=1S/C20H13BrClN5O2S/c21-10-3-4-14(13(22)5-10)27-16(28)6-15(20(27)29)30-19-12(8-24)17(9-1-2-9)11(7-23)18(25)26-19/h3-5,9,15H,1-2,6H2,(H2,25,26). The molecule has 10 heteroatoms. The number of hydrogen-bond acceptors (Lipinski definition) is 7. The van der Waals surface area contributed by atoms with Gasteiger partial charge in [-0.1, -0.05) is 39.3 Å². The van der Waals surface area contributed by atoms with Crippen LogP contribution in [0.2, 0.25) is 5.02 Å². The molecule has 1 aliphatic carbocycles. The van der Waals surface area contributed by atoms with Crippen molar-refractivity contribution in [2.24, 2.45) is 0 Å². The maximum absolute atomic E-state index is 13.0. The Morgan fingerprint density at radius 3 is 2.53 bits per heavy atom. The summed E-state index contributed by atoms with van der Waals surface area (Å²) in [6.07, 6.45) is 1.68. The Kier molecular flexibility index (Phi) is 5.46. The van der Waals surface area contributed by atoms with E-state index in [-0.39, 0.29) is 45.2 Å². The van der Waals surface area contributed by atoms with Gasteiger partial charge in [0.25, 0.3) is 0 Å². The molecule has 1 atom stereocenters. The number of thioether (sulfide) groups is 1. The predicted molar refractivity (Wildman–Crippen MR) is 116 cm³/mol. The van der Waals surface area contributed by atoms with Crippen LogP contribution in [0.25, 0.3) is 0 Å². The molecule has 1 aliphatic heterocycles. The molecule has 30 heavy (non-hydrogen) atoms. The Labute approximate surface area is 189 Å². The van der Waals surface area contributed by atoms with E-state index in [4.69, 9.17) is 17.3 Å². The van der Waals surface area contributed by atoms with Crippen LogP contribution in [0, 0.1) is 22.7 Å². The molecular weight excluding hydrogens is 490 g/mol. The second kappa shape index (κ2) is 7.92. The molecule has 1 saturated heterocycles. The number of hydrogen-bond donors (Lipinski definition) is 1. The maximum Gasteiger partial charge on any atom is 0.247 e. The van der Waals surface area contributed by atoms with Crippen LogP contribution < -0.4 is 10.6 Å². The van der Waals surface area contributed by atoms with Crippen molar-refractivity contribution in [3.63, 3.8) is 0 Å². The van der Waals surface area contributed by atoms with Gasteiger partial charge in [-0.3, -0.25) is 9.59 Å². The lowest BCUT2D eigenvalue weighted by atomic mass is 10.0. The first-order valence-electron chi connectivity index (χ1n) is 8.97. The van der Waals surface area contributed by atoms with Crippen LogP contribution in [-0.4, -0.2) is 22.0 Å². The Bertz CT molecular complexity index is 1190. The molecule has 1 aromatic carbocycles. The van der Waals surface area contributed by atoms with Crippen LogP contribution in [-0.2, 0) is 9.59 Å². The van der Waals surface area contributed by atoms with Crippen molar-refractivity contribution in [3.8, 4) is 12.1 Å². The Balaban J connectivity index is 1.69. The lowest BCUT2D eigenvalue weighted by Gasteiger charge is -2.17. The van der Waals surface area contributed by atoms with Gasteiger partial charge < -0.3 is 5.73 Å². The van der Waals surface area contributed by atoms with Crippen molar-refractivity contribution >= 4 is 62.6 Å². The largest absolute Gasteiger partial charge is 0.383 e. The predicted octanol–water partition coefficient (Wildman–Crippen LogP) is 4.12. The molecule has 2 aromatic rings. The number of nitriles is 2. The molecule has 2 fully saturated rings. The number of nitrogen functional groups attached to an aromatic ring is 1. The number of anilines is 2. The highest BCUT2D eigenvalue weighted by Crippen LogP contribution is 2.47. The highest BCUT2D eigenvalue weighted by atomic mass is 79.9. The summed E-state index contributed by atoms with van der Waals surface area (Å²) in [6, 6.07) is 9.06. The zero-order chi connectivity index (χ0) is 21.6. The summed E-state index contributed by atoms with van der Waals surface area (Å²) in [5.74, 6) is -0.691. The number of imide groups is 1. The third kappa shape index (κ3) is 3.54. The van der Waals surface area contributed by atoms with Crippen molar-refractivity contribution in [1.82, 2.24) is 4.98 Å². The summed E-state index contributed by atoms with van der Waals surface area (Å²) in [6.45, 7) is 0. The Hall–Kier alpha value is -2.59. The molecule has 2 N–H and O–H groups in total. The molecule has 2 aliphatic rings. The molecule has 2 amide bonds. The van der Waals surface area contributed by atoms with E-state index < -0.39 is 11.2 Å². The average Bonchev–Trinajstić information content (AvgIpc) is 3.49. The van der Waals surface area contributed by atoms with Crippen molar-refractivity contribution in [1.29, 1.82) is 10.5 Å². The number of benzene rings is 1. The summed E-state index contributed by atoms with van der Waals surface area (Å²) in [4.78, 5) is 30.9. The van der Waals surface area contributed by atoms with Gasteiger partial charge in [-0.15, -0.1) is 0 Å². The summed E-state index contributed by atoms with van der Waals surface area (Å²) in [5, 5.41) is 19.0. The summed E-state index contributed by atoms with van der Waals surface area (Å²) < 4.78 is 0.727. The van der Waals surface area contributed by atoms with Gasteiger partial charge in [-0.2, -0.15) is 10.5 Å². The number of amides is 2. The van der Waals surface area contributed by atoms with Gasteiger partial charge in [-0.05, 0) is 42.5 Å². The van der Waals surface area contributed by atoms with Crippen molar-refractivity contribution in [2.45, 2.75) is 35.5 Å². The molecule has 2 heterocycles. The van der Waals surface area contributed by atoms with Crippen LogP contribution in [0.5, 0.6) is 0 Å². The number of carbonyl (C=O) groups is 2. The highest BCUT2D eigenvalue weighted by molar-refractivity contribution is 9.10. The summed E-state index contributed by atoms with van der Waals surface area (Å²) >= 11 is 10.6. The van der Waals surface area contributed by atoms with Crippen LogP contribution in [0.15, 0.2) is 27.7 Å². The van der Waals surface area contributed by atoms with E-state index in [9.17, 15) is 20.1 Å². The first-order chi connectivity index (χ1) is 14.3. The second-order valence-electron chi connectivity index (χ2n) is 6.94. The van der Waals surface area contributed by atoms with Gasteiger partial charge in [0.2, 0.25) is 11.8 Å². The molecular formula is C20H13BrClN5O2S. The molecule has 0 spiro atoms. The number of nitrogens with zero attached hydrogens (tertiary/aromatic N) is 4. The molecule has 0 bridgehead atoms. The molecule has 0 radical (unpaired) electrons. The van der Waals surface area contributed by atoms with Gasteiger partial charge in [-0.25, -0.2) is 9.88 Å². The van der Waals surface area contributed by atoms with Crippen LogP contribution in [0.1, 0.15) is 41.9 Å². The minimum atomic E-state index is -0.767. The molecule has 150 valence electrons. The average molecular weight is 503 g/mol. The van der Waals surface area contributed by atoms with Gasteiger partial charge in [0.1, 0.15) is 23.0 Å². The van der Waals surface area contributed by atoms with Gasteiger partial charge in [0, 0.05) is 10.9 Å². The molecule has 4 rings (SSSR count). The van der Waals surface area contributed by atoms with E-state index >= 15 is 0 Å². The van der Waals surface area contributed by atoms with E-state index in [0.717, 1.165) is 34.0 Å². The van der Waals surface area contributed by atoms with Crippen LogP contribution >= 0.6 is 39.3 Å². The first-order valence-corrected chi connectivity index (χ1v) is 11.0. The summed E-state index contributed by atoms with van der Waals surface area (Å²) in [5.41, 5.74) is 7.35. The van der Waals surface area contributed by atoms with Crippen LogP contribution in [0.4, 0.5) is 11.5 Å². The quantitative estimate of drug-likeness (QED) is 0.623. The van der Waals surface area contributed by atoms with Crippen molar-refractivity contribution < 1.29 is 9.59 Å². The lowest BCUT2D eigenvalue weighted by molar-refractivity contribution is -0.121. The number of halogens is 2. The van der Waals surface area contributed by atoms with Crippen molar-refractivity contribution in [3.05, 3.63) is 44.4 Å². The molecule has 1 saturated carbocycles. The Morgan fingerprint density at radius 2 is 1.93 bits per heavy atom. The van der Waals surface area contributed by atoms with Gasteiger partial charge in [0.05, 0.1) is 27.1 Å². The third-order valence-electron chi connectivity index (χ3n) is 4.95.